The maximum atomic E-state index is 8.55. The van der Waals surface area contributed by atoms with Crippen LogP contribution in [0.25, 0.3) is 0 Å². The molecule has 0 fully saturated rings. The summed E-state index contributed by atoms with van der Waals surface area (Å²) in [6, 6.07) is 0. The standard InChI is InChI=1S/Li.H3O4P.Y.Zr/c;1-5(2,3)4;;/h;(H3,1,2,3,4);;/q+1;;+3;+4/p-3. The monoisotopic (exact) mass is 281 g/mol. The van der Waals surface area contributed by atoms with Gasteiger partial charge in [0, 0.05) is 0 Å². The van der Waals surface area contributed by atoms with Crippen molar-refractivity contribution in [3.63, 3.8) is 0 Å². The van der Waals surface area contributed by atoms with E-state index >= 15 is 0 Å². The minimum atomic E-state index is -5.39. The van der Waals surface area contributed by atoms with Gasteiger partial charge < -0.3 is 19.2 Å². The summed E-state index contributed by atoms with van der Waals surface area (Å²) in [5, 5.41) is 0. The number of rotatable bonds is 0. The molecule has 32 valence electrons. The Labute approximate surface area is 103 Å². The van der Waals surface area contributed by atoms with Gasteiger partial charge in [-0.3, -0.25) is 0 Å². The molecule has 0 atom stereocenters. The third kappa shape index (κ3) is 70.9. The smallest absolute Gasteiger partial charge is 0.822 e. The van der Waals surface area contributed by atoms with Crippen molar-refractivity contribution in [1.29, 1.82) is 0 Å². The number of hydrogen-bond acceptors (Lipinski definition) is 4. The second-order valence-corrected chi connectivity index (χ2v) is 1.34. The molecule has 0 aliphatic rings. The van der Waals surface area contributed by atoms with E-state index < -0.39 is 7.82 Å². The second kappa shape index (κ2) is 9.69. The molecule has 0 aliphatic carbocycles. The van der Waals surface area contributed by atoms with Gasteiger partial charge in [-0.05, 0) is 0 Å². The fourth-order valence-corrected chi connectivity index (χ4v) is 0. The van der Waals surface area contributed by atoms with Gasteiger partial charge in [-0.15, -0.1) is 0 Å². The van der Waals surface area contributed by atoms with Crippen LogP contribution in [-0.4, -0.2) is 0 Å². The van der Waals surface area contributed by atoms with E-state index in [-0.39, 0.29) is 77.8 Å². The third-order valence-corrected chi connectivity index (χ3v) is 0. The fraction of sp³-hybridized carbons (Fsp3) is 0. The van der Waals surface area contributed by atoms with Crippen LogP contribution in [0.1, 0.15) is 0 Å². The molecule has 0 bridgehead atoms. The van der Waals surface area contributed by atoms with Crippen LogP contribution in [0.5, 0.6) is 0 Å². The van der Waals surface area contributed by atoms with E-state index in [9.17, 15) is 0 Å². The first-order valence-corrected chi connectivity index (χ1v) is 2.19. The molecule has 8 heteroatoms. The van der Waals surface area contributed by atoms with Gasteiger partial charge in [0.2, 0.25) is 0 Å². The van der Waals surface area contributed by atoms with E-state index in [1.54, 1.807) is 0 Å². The van der Waals surface area contributed by atoms with Crippen LogP contribution in [-0.2, 0) is 63.5 Å². The zero-order valence-electron chi connectivity index (χ0n) is 4.16. The summed E-state index contributed by atoms with van der Waals surface area (Å²) in [5.74, 6) is 0. The Morgan fingerprint density at radius 3 is 1.12 bits per heavy atom. The normalized spacial score (nSPS) is 7.38. The summed E-state index contributed by atoms with van der Waals surface area (Å²) in [6.07, 6.45) is 0. The molecular formula is LiO4PYZr+5. The van der Waals surface area contributed by atoms with E-state index in [0.717, 1.165) is 0 Å². The van der Waals surface area contributed by atoms with Gasteiger partial charge in [0.25, 0.3) is 0 Å². The zero-order valence-corrected chi connectivity index (χ0v) is 10.3. The molecule has 0 aromatic heterocycles. The van der Waals surface area contributed by atoms with Gasteiger partial charge in [-0.1, -0.05) is 0 Å². The SMILES string of the molecule is O=P([O-])([O-])[O-].[Li+].[Y+3].[Zr+4]. The molecule has 0 rings (SSSR count). The van der Waals surface area contributed by atoms with Crippen LogP contribution >= 0.6 is 7.82 Å². The minimum Gasteiger partial charge on any atom is -0.822 e. The summed E-state index contributed by atoms with van der Waals surface area (Å²) in [6.45, 7) is 0. The number of phosphoric acid groups is 1. The van der Waals surface area contributed by atoms with Crippen LogP contribution in [0.2, 0.25) is 0 Å². The first-order chi connectivity index (χ1) is 2.00. The average Bonchev–Trinajstić information content (AvgIpc) is 0.722. The maximum absolute atomic E-state index is 8.55. The Balaban J connectivity index is -0.0000000267. The van der Waals surface area contributed by atoms with Crippen LogP contribution in [0.15, 0.2) is 0 Å². The van der Waals surface area contributed by atoms with Crippen LogP contribution in [0, 0.1) is 0 Å². The van der Waals surface area contributed by atoms with Gasteiger partial charge in [0.05, 0.1) is 0 Å². The molecule has 4 nitrogen and oxygen atoms in total. The molecule has 0 aliphatic heterocycles. The zero-order chi connectivity index (χ0) is 4.50. The predicted octanol–water partition coefficient (Wildman–Crippen LogP) is -5.83. The first-order valence-electron chi connectivity index (χ1n) is 0.730. The molecule has 8 heavy (non-hydrogen) atoms. The van der Waals surface area contributed by atoms with E-state index in [1.165, 1.54) is 0 Å². The summed E-state index contributed by atoms with van der Waals surface area (Å²) < 4.78 is 8.55. The van der Waals surface area contributed by atoms with Crippen molar-refractivity contribution >= 4 is 7.82 Å². The van der Waals surface area contributed by atoms with Gasteiger partial charge in [-0.2, -0.15) is 7.82 Å². The van der Waals surface area contributed by atoms with Gasteiger partial charge in [0.1, 0.15) is 0 Å². The fourth-order valence-electron chi connectivity index (χ4n) is 0. The van der Waals surface area contributed by atoms with E-state index in [0.29, 0.717) is 0 Å². The summed E-state index contributed by atoms with van der Waals surface area (Å²) in [5.41, 5.74) is 0. The first kappa shape index (κ1) is 22.4. The van der Waals surface area contributed by atoms with Crippen LogP contribution in [0.4, 0.5) is 0 Å². The molecule has 0 saturated heterocycles. The second-order valence-electron chi connectivity index (χ2n) is 0.447. The van der Waals surface area contributed by atoms with Crippen molar-refractivity contribution in [2.24, 2.45) is 0 Å². The quantitative estimate of drug-likeness (QED) is 0.327. The van der Waals surface area contributed by atoms with Crippen molar-refractivity contribution < 1.29 is 97.0 Å². The molecule has 0 unspecified atom stereocenters. The molecule has 0 N–H and O–H groups in total. The number of hydrogen-bond donors (Lipinski definition) is 0. The van der Waals surface area contributed by atoms with E-state index in [1.807, 2.05) is 0 Å². The third-order valence-electron chi connectivity index (χ3n) is 0. The van der Waals surface area contributed by atoms with Crippen LogP contribution < -0.4 is 33.5 Å². The Morgan fingerprint density at radius 2 is 1.12 bits per heavy atom. The average molecular weight is 282 g/mol. The van der Waals surface area contributed by atoms with Gasteiger partial charge in [0.15, 0.2) is 0 Å². The molecule has 0 radical (unpaired) electrons. The Hall–Kier alpha value is 2.69. The molecule has 0 heterocycles. The topological polar surface area (TPSA) is 86.2 Å². The molecule has 0 saturated carbocycles. The van der Waals surface area contributed by atoms with Crippen molar-refractivity contribution in [3.05, 3.63) is 0 Å². The molecule has 0 amide bonds. The predicted molar refractivity (Wildman–Crippen MR) is 7.61 cm³/mol. The van der Waals surface area contributed by atoms with Crippen molar-refractivity contribution in [3.8, 4) is 0 Å². The summed E-state index contributed by atoms with van der Waals surface area (Å²) in [7, 11) is -5.39. The molecule has 0 spiro atoms. The van der Waals surface area contributed by atoms with Gasteiger partial charge >= 0.3 is 77.8 Å². The van der Waals surface area contributed by atoms with Gasteiger partial charge in [-0.25, -0.2) is 0 Å². The van der Waals surface area contributed by atoms with E-state index in [2.05, 4.69) is 0 Å². The molecular weight excluding hydrogens is 282 g/mol. The molecule has 0 aromatic rings. The van der Waals surface area contributed by atoms with Crippen LogP contribution in [0.3, 0.4) is 0 Å². The Bertz CT molecular complexity index is 62.2. The largest absolute Gasteiger partial charge is 4.00 e. The summed E-state index contributed by atoms with van der Waals surface area (Å²) in [4.78, 5) is 25.6. The van der Waals surface area contributed by atoms with Crippen molar-refractivity contribution in [1.82, 2.24) is 0 Å². The molecule has 0 aromatic carbocycles. The van der Waals surface area contributed by atoms with Crippen molar-refractivity contribution in [2.45, 2.75) is 0 Å². The Kier molecular flexibility index (Phi) is 27.2. The minimum absolute atomic E-state index is 0. The Morgan fingerprint density at radius 1 is 1.12 bits per heavy atom. The van der Waals surface area contributed by atoms with E-state index in [4.69, 9.17) is 19.2 Å². The summed E-state index contributed by atoms with van der Waals surface area (Å²) >= 11 is 0. The maximum Gasteiger partial charge on any atom is 4.00 e. The van der Waals surface area contributed by atoms with Crippen molar-refractivity contribution in [2.75, 3.05) is 0 Å².